The lowest BCUT2D eigenvalue weighted by Crippen LogP contribution is -2.30. The van der Waals surface area contributed by atoms with Crippen LogP contribution >= 0.6 is 0 Å². The van der Waals surface area contributed by atoms with Crippen LogP contribution < -0.4 is 0 Å². The van der Waals surface area contributed by atoms with Gasteiger partial charge in [-0.25, -0.2) is 0 Å². The molecule has 0 saturated carbocycles. The lowest BCUT2D eigenvalue weighted by Gasteiger charge is -2.13. The highest BCUT2D eigenvalue weighted by Crippen LogP contribution is 2.13. The zero-order chi connectivity index (χ0) is 19.5. The minimum Gasteiger partial charge on any atom is -0.275 e. The first-order valence-corrected chi connectivity index (χ1v) is 10.2. The Balaban J connectivity index is 1.32. The number of unbranched alkanes of at least 4 members (excludes halogenated alkanes) is 10. The third-order valence-corrected chi connectivity index (χ3v) is 5.06. The van der Waals surface area contributed by atoms with E-state index in [0.29, 0.717) is 13.1 Å². The Morgan fingerprint density at radius 2 is 0.630 bits per heavy atom. The second-order valence-electron chi connectivity index (χ2n) is 7.21. The van der Waals surface area contributed by atoms with E-state index in [1.54, 1.807) is 0 Å². The Morgan fingerprint density at radius 1 is 0.407 bits per heavy atom. The van der Waals surface area contributed by atoms with E-state index in [-0.39, 0.29) is 23.6 Å². The van der Waals surface area contributed by atoms with Gasteiger partial charge in [-0.15, -0.1) is 0 Å². The predicted octanol–water partition coefficient (Wildman–Crippen LogP) is 3.13. The fraction of sp³-hybridized carbons (Fsp3) is 0.619. The summed E-state index contributed by atoms with van der Waals surface area (Å²) in [5.41, 5.74) is 0. The first-order chi connectivity index (χ1) is 13.1. The van der Waals surface area contributed by atoms with Gasteiger partial charge >= 0.3 is 0 Å². The smallest absolute Gasteiger partial charge is 0.253 e. The van der Waals surface area contributed by atoms with Gasteiger partial charge in [-0.3, -0.25) is 29.0 Å². The van der Waals surface area contributed by atoms with Crippen LogP contribution in [0.15, 0.2) is 24.3 Å². The molecule has 2 heterocycles. The zero-order valence-corrected chi connectivity index (χ0v) is 16.0. The van der Waals surface area contributed by atoms with Gasteiger partial charge in [0.25, 0.3) is 23.6 Å². The summed E-state index contributed by atoms with van der Waals surface area (Å²) < 4.78 is 0. The highest BCUT2D eigenvalue weighted by Gasteiger charge is 2.22. The van der Waals surface area contributed by atoms with Crippen molar-refractivity contribution in [3.63, 3.8) is 0 Å². The molecule has 6 heteroatoms. The van der Waals surface area contributed by atoms with E-state index in [9.17, 15) is 19.2 Å². The van der Waals surface area contributed by atoms with Crippen molar-refractivity contribution in [1.29, 1.82) is 0 Å². The van der Waals surface area contributed by atoms with Crippen LogP contribution in [-0.2, 0) is 19.2 Å². The minimum atomic E-state index is -0.185. The fourth-order valence-corrected chi connectivity index (χ4v) is 3.43. The van der Waals surface area contributed by atoms with Crippen molar-refractivity contribution in [1.82, 2.24) is 9.80 Å². The Morgan fingerprint density at radius 3 is 0.889 bits per heavy atom. The maximum Gasteiger partial charge on any atom is 0.253 e. The van der Waals surface area contributed by atoms with Crippen molar-refractivity contribution >= 4 is 23.6 Å². The molecule has 148 valence electrons. The fourth-order valence-electron chi connectivity index (χ4n) is 3.43. The normalized spacial score (nSPS) is 16.4. The molecule has 0 saturated heterocycles. The predicted molar refractivity (Wildman–Crippen MR) is 103 cm³/mol. The molecule has 0 atom stereocenters. The van der Waals surface area contributed by atoms with E-state index in [0.717, 1.165) is 38.5 Å². The van der Waals surface area contributed by atoms with Crippen molar-refractivity contribution in [2.75, 3.05) is 13.1 Å². The van der Waals surface area contributed by atoms with Crippen LogP contribution in [0, 0.1) is 0 Å². The molecule has 0 fully saturated rings. The third-order valence-electron chi connectivity index (χ3n) is 5.06. The van der Waals surface area contributed by atoms with E-state index in [4.69, 9.17) is 0 Å². The molecule has 0 radical (unpaired) electrons. The SMILES string of the molecule is O=C1C=CC(=O)N1CCCCCCCCCCCCCN1C(=O)C=CC1=O. The lowest BCUT2D eigenvalue weighted by atomic mass is 10.1. The van der Waals surface area contributed by atoms with Crippen molar-refractivity contribution in [3.8, 4) is 0 Å². The second kappa shape index (κ2) is 11.5. The maximum atomic E-state index is 11.4. The molecular formula is C21H30N2O4. The maximum absolute atomic E-state index is 11.4. The van der Waals surface area contributed by atoms with Crippen molar-refractivity contribution in [2.24, 2.45) is 0 Å². The Bertz CT molecular complexity index is 521. The van der Waals surface area contributed by atoms with Gasteiger partial charge in [0.05, 0.1) is 0 Å². The van der Waals surface area contributed by atoms with Gasteiger partial charge in [-0.1, -0.05) is 57.8 Å². The van der Waals surface area contributed by atoms with Crippen LogP contribution in [0.4, 0.5) is 0 Å². The van der Waals surface area contributed by atoms with Gasteiger partial charge in [-0.05, 0) is 12.8 Å². The number of carbonyl (C=O) groups is 4. The third kappa shape index (κ3) is 7.12. The average Bonchev–Trinajstić information content (AvgIpc) is 3.14. The number of carbonyl (C=O) groups excluding carboxylic acids is 4. The molecule has 0 aliphatic carbocycles. The molecule has 0 N–H and O–H groups in total. The van der Waals surface area contributed by atoms with Gasteiger partial charge in [0, 0.05) is 37.4 Å². The Kier molecular flexibility index (Phi) is 8.95. The molecule has 6 nitrogen and oxygen atoms in total. The number of hydrogen-bond acceptors (Lipinski definition) is 4. The van der Waals surface area contributed by atoms with Gasteiger partial charge < -0.3 is 0 Å². The molecule has 0 bridgehead atoms. The summed E-state index contributed by atoms with van der Waals surface area (Å²) in [5.74, 6) is -0.740. The summed E-state index contributed by atoms with van der Waals surface area (Å²) in [6.07, 6.45) is 17.6. The monoisotopic (exact) mass is 374 g/mol. The molecular weight excluding hydrogens is 344 g/mol. The van der Waals surface area contributed by atoms with Crippen molar-refractivity contribution < 1.29 is 19.2 Å². The largest absolute Gasteiger partial charge is 0.275 e. The van der Waals surface area contributed by atoms with Crippen LogP contribution in [0.25, 0.3) is 0 Å². The van der Waals surface area contributed by atoms with Gasteiger partial charge in [-0.2, -0.15) is 0 Å². The van der Waals surface area contributed by atoms with Crippen LogP contribution in [0.5, 0.6) is 0 Å². The van der Waals surface area contributed by atoms with E-state index in [1.807, 2.05) is 0 Å². The van der Waals surface area contributed by atoms with E-state index in [1.165, 1.54) is 66.2 Å². The number of rotatable bonds is 14. The van der Waals surface area contributed by atoms with Crippen LogP contribution in [0.3, 0.4) is 0 Å². The lowest BCUT2D eigenvalue weighted by molar-refractivity contribution is -0.138. The van der Waals surface area contributed by atoms with Gasteiger partial charge in [0.2, 0.25) is 0 Å². The topological polar surface area (TPSA) is 74.8 Å². The average molecular weight is 374 g/mol. The quantitative estimate of drug-likeness (QED) is 0.346. The van der Waals surface area contributed by atoms with Gasteiger partial charge in [0.15, 0.2) is 0 Å². The zero-order valence-electron chi connectivity index (χ0n) is 16.0. The Hall–Kier alpha value is -2.24. The number of imide groups is 2. The highest BCUT2D eigenvalue weighted by molar-refractivity contribution is 6.13. The molecule has 0 aromatic carbocycles. The molecule has 4 amide bonds. The minimum absolute atomic E-state index is 0.185. The van der Waals surface area contributed by atoms with Crippen LogP contribution in [0.2, 0.25) is 0 Å². The number of nitrogens with zero attached hydrogens (tertiary/aromatic N) is 2. The molecule has 2 aliphatic rings. The molecule has 2 aliphatic heterocycles. The molecule has 0 aromatic heterocycles. The molecule has 0 aromatic rings. The highest BCUT2D eigenvalue weighted by atomic mass is 16.2. The summed E-state index contributed by atoms with van der Waals surface area (Å²) in [6.45, 7) is 1.07. The summed E-state index contributed by atoms with van der Waals surface area (Å²) in [5, 5.41) is 0. The number of amides is 4. The first-order valence-electron chi connectivity index (χ1n) is 10.2. The first kappa shape index (κ1) is 21.1. The molecule has 2 rings (SSSR count). The van der Waals surface area contributed by atoms with Gasteiger partial charge in [0.1, 0.15) is 0 Å². The summed E-state index contributed by atoms with van der Waals surface area (Å²) >= 11 is 0. The summed E-state index contributed by atoms with van der Waals surface area (Å²) in [4.78, 5) is 48.2. The van der Waals surface area contributed by atoms with E-state index < -0.39 is 0 Å². The van der Waals surface area contributed by atoms with E-state index in [2.05, 4.69) is 0 Å². The van der Waals surface area contributed by atoms with Crippen LogP contribution in [-0.4, -0.2) is 46.5 Å². The Labute approximate surface area is 161 Å². The molecule has 27 heavy (non-hydrogen) atoms. The van der Waals surface area contributed by atoms with Crippen LogP contribution in [0.1, 0.15) is 70.6 Å². The summed E-state index contributed by atoms with van der Waals surface area (Å²) in [7, 11) is 0. The van der Waals surface area contributed by atoms with Crippen molar-refractivity contribution in [2.45, 2.75) is 70.6 Å². The summed E-state index contributed by atoms with van der Waals surface area (Å²) in [6, 6.07) is 0. The number of hydrogen-bond donors (Lipinski definition) is 0. The standard InChI is InChI=1S/C21H30N2O4/c24-18-12-13-19(25)22(18)16-10-8-6-4-2-1-3-5-7-9-11-17-23-20(26)14-15-21(23)27/h12-15H,1-11,16-17H2. The molecule has 0 spiro atoms. The van der Waals surface area contributed by atoms with E-state index >= 15 is 0 Å². The second-order valence-corrected chi connectivity index (χ2v) is 7.21. The molecule has 0 unspecified atom stereocenters. The van der Waals surface area contributed by atoms with Crippen molar-refractivity contribution in [3.05, 3.63) is 24.3 Å².